The number of nitrogens with zero attached hydrogens (tertiary/aromatic N) is 3. The summed E-state index contributed by atoms with van der Waals surface area (Å²) in [6.07, 6.45) is 3.98. The SMILES string of the molecule is CC(C)NC(Cc1ccn(C(C)C)n1)c1ccc(F)cn1. The van der Waals surface area contributed by atoms with Gasteiger partial charge in [0.25, 0.3) is 0 Å². The molecular weight excluding hydrogens is 267 g/mol. The van der Waals surface area contributed by atoms with Crippen molar-refractivity contribution >= 4 is 0 Å². The van der Waals surface area contributed by atoms with Gasteiger partial charge in [-0.1, -0.05) is 13.8 Å². The van der Waals surface area contributed by atoms with Crippen molar-refractivity contribution in [3.8, 4) is 0 Å². The minimum Gasteiger partial charge on any atom is -0.306 e. The summed E-state index contributed by atoms with van der Waals surface area (Å²) in [7, 11) is 0. The molecule has 0 amide bonds. The molecule has 5 heteroatoms. The van der Waals surface area contributed by atoms with Crippen molar-refractivity contribution in [3.05, 3.63) is 47.8 Å². The van der Waals surface area contributed by atoms with Gasteiger partial charge in [-0.25, -0.2) is 4.39 Å². The second kappa shape index (κ2) is 6.80. The van der Waals surface area contributed by atoms with Gasteiger partial charge < -0.3 is 5.32 Å². The first kappa shape index (κ1) is 15.6. The Hall–Kier alpha value is -1.75. The molecule has 2 aromatic heterocycles. The lowest BCUT2D eigenvalue weighted by atomic mass is 10.1. The normalized spacial score (nSPS) is 13.1. The van der Waals surface area contributed by atoms with Gasteiger partial charge in [-0.3, -0.25) is 9.67 Å². The third-order valence-electron chi connectivity index (χ3n) is 3.25. The Labute approximate surface area is 125 Å². The van der Waals surface area contributed by atoms with Crippen LogP contribution in [-0.4, -0.2) is 20.8 Å². The summed E-state index contributed by atoms with van der Waals surface area (Å²) in [4.78, 5) is 4.20. The van der Waals surface area contributed by atoms with E-state index in [0.29, 0.717) is 12.1 Å². The molecule has 0 aliphatic heterocycles. The van der Waals surface area contributed by atoms with E-state index in [1.165, 1.54) is 12.3 Å². The third-order valence-corrected chi connectivity index (χ3v) is 3.25. The molecular formula is C16H23FN4. The molecule has 0 radical (unpaired) electrons. The first-order chi connectivity index (χ1) is 9.95. The van der Waals surface area contributed by atoms with Crippen molar-refractivity contribution in [1.82, 2.24) is 20.1 Å². The largest absolute Gasteiger partial charge is 0.306 e. The predicted molar refractivity (Wildman–Crippen MR) is 81.5 cm³/mol. The molecule has 0 spiro atoms. The number of aromatic nitrogens is 3. The van der Waals surface area contributed by atoms with Crippen LogP contribution in [0.2, 0.25) is 0 Å². The molecule has 0 saturated heterocycles. The van der Waals surface area contributed by atoms with Gasteiger partial charge in [0.15, 0.2) is 0 Å². The van der Waals surface area contributed by atoms with E-state index in [1.54, 1.807) is 6.07 Å². The van der Waals surface area contributed by atoms with Crippen molar-refractivity contribution in [1.29, 1.82) is 0 Å². The van der Waals surface area contributed by atoms with E-state index >= 15 is 0 Å². The van der Waals surface area contributed by atoms with E-state index in [-0.39, 0.29) is 11.9 Å². The summed E-state index contributed by atoms with van der Waals surface area (Å²) in [5.41, 5.74) is 1.84. The molecule has 1 N–H and O–H groups in total. The monoisotopic (exact) mass is 290 g/mol. The van der Waals surface area contributed by atoms with Crippen LogP contribution >= 0.6 is 0 Å². The van der Waals surface area contributed by atoms with E-state index in [1.807, 2.05) is 16.9 Å². The Kier molecular flexibility index (Phi) is 5.07. The Morgan fingerprint density at radius 2 is 1.95 bits per heavy atom. The molecule has 2 aromatic rings. The van der Waals surface area contributed by atoms with Gasteiger partial charge in [-0.05, 0) is 32.0 Å². The van der Waals surface area contributed by atoms with Crippen molar-refractivity contribution < 1.29 is 4.39 Å². The molecule has 0 bridgehead atoms. The Balaban J connectivity index is 2.17. The van der Waals surface area contributed by atoms with Gasteiger partial charge in [0.2, 0.25) is 0 Å². The van der Waals surface area contributed by atoms with Gasteiger partial charge in [0, 0.05) is 24.7 Å². The van der Waals surface area contributed by atoms with E-state index in [2.05, 4.69) is 43.1 Å². The lowest BCUT2D eigenvalue weighted by Crippen LogP contribution is -2.30. The minimum absolute atomic E-state index is 0.0288. The first-order valence-electron chi connectivity index (χ1n) is 7.37. The number of hydrogen-bond donors (Lipinski definition) is 1. The first-order valence-corrected chi connectivity index (χ1v) is 7.37. The van der Waals surface area contributed by atoms with Crippen molar-refractivity contribution in [2.75, 3.05) is 0 Å². The maximum atomic E-state index is 13.0. The molecule has 0 fully saturated rings. The quantitative estimate of drug-likeness (QED) is 0.888. The predicted octanol–water partition coefficient (Wildman–Crippen LogP) is 3.28. The molecule has 1 atom stereocenters. The Bertz CT molecular complexity index is 560. The molecule has 2 rings (SSSR count). The van der Waals surface area contributed by atoms with Gasteiger partial charge >= 0.3 is 0 Å². The minimum atomic E-state index is -0.314. The molecule has 114 valence electrons. The van der Waals surface area contributed by atoms with Gasteiger partial charge in [0.05, 0.1) is 23.6 Å². The average Bonchev–Trinajstić information content (AvgIpc) is 2.87. The zero-order valence-corrected chi connectivity index (χ0v) is 13.0. The highest BCUT2D eigenvalue weighted by molar-refractivity contribution is 5.14. The van der Waals surface area contributed by atoms with Crippen LogP contribution in [0.25, 0.3) is 0 Å². The number of nitrogens with one attached hydrogen (secondary N) is 1. The molecule has 1 unspecified atom stereocenters. The van der Waals surface area contributed by atoms with Crippen LogP contribution in [0.4, 0.5) is 4.39 Å². The topological polar surface area (TPSA) is 42.7 Å². The fraction of sp³-hybridized carbons (Fsp3) is 0.500. The summed E-state index contributed by atoms with van der Waals surface area (Å²) in [5, 5.41) is 8.04. The van der Waals surface area contributed by atoms with Crippen molar-refractivity contribution in [2.45, 2.75) is 52.2 Å². The Morgan fingerprint density at radius 1 is 1.19 bits per heavy atom. The Morgan fingerprint density at radius 3 is 2.48 bits per heavy atom. The second-order valence-corrected chi connectivity index (χ2v) is 5.86. The molecule has 0 aliphatic carbocycles. The molecule has 21 heavy (non-hydrogen) atoms. The van der Waals surface area contributed by atoms with Gasteiger partial charge in [-0.15, -0.1) is 0 Å². The van der Waals surface area contributed by atoms with Crippen LogP contribution in [0, 0.1) is 5.82 Å². The standard InChI is InChI=1S/C16H23FN4/c1-11(2)19-16(15-6-5-13(17)10-18-15)9-14-7-8-21(20-14)12(3)4/h5-8,10-12,16,19H,9H2,1-4H3. The lowest BCUT2D eigenvalue weighted by molar-refractivity contribution is 0.454. The molecule has 0 saturated carbocycles. The van der Waals surface area contributed by atoms with E-state index < -0.39 is 0 Å². The maximum Gasteiger partial charge on any atom is 0.141 e. The van der Waals surface area contributed by atoms with E-state index in [0.717, 1.165) is 17.8 Å². The summed E-state index contributed by atoms with van der Waals surface area (Å²) in [6.45, 7) is 8.37. The van der Waals surface area contributed by atoms with Crippen LogP contribution in [0.1, 0.15) is 51.2 Å². The third kappa shape index (κ3) is 4.36. The number of halogens is 1. The summed E-state index contributed by atoms with van der Waals surface area (Å²) in [5.74, 6) is -0.314. The molecule has 2 heterocycles. The lowest BCUT2D eigenvalue weighted by Gasteiger charge is -2.20. The second-order valence-electron chi connectivity index (χ2n) is 5.86. The van der Waals surface area contributed by atoms with Crippen molar-refractivity contribution in [3.63, 3.8) is 0 Å². The molecule has 0 aliphatic rings. The molecule has 0 aromatic carbocycles. The van der Waals surface area contributed by atoms with Crippen LogP contribution in [0.3, 0.4) is 0 Å². The highest BCUT2D eigenvalue weighted by atomic mass is 19.1. The van der Waals surface area contributed by atoms with Crippen LogP contribution in [0.15, 0.2) is 30.6 Å². The smallest absolute Gasteiger partial charge is 0.141 e. The van der Waals surface area contributed by atoms with E-state index in [4.69, 9.17) is 0 Å². The average molecular weight is 290 g/mol. The fourth-order valence-corrected chi connectivity index (χ4v) is 2.23. The van der Waals surface area contributed by atoms with Crippen molar-refractivity contribution in [2.24, 2.45) is 0 Å². The van der Waals surface area contributed by atoms with Crippen LogP contribution < -0.4 is 5.32 Å². The van der Waals surface area contributed by atoms with Gasteiger partial charge in [-0.2, -0.15) is 5.10 Å². The summed E-state index contributed by atoms with van der Waals surface area (Å²) < 4.78 is 15.0. The zero-order chi connectivity index (χ0) is 15.4. The highest BCUT2D eigenvalue weighted by Gasteiger charge is 2.16. The maximum absolute atomic E-state index is 13.0. The van der Waals surface area contributed by atoms with Gasteiger partial charge in [0.1, 0.15) is 5.82 Å². The number of pyridine rings is 1. The zero-order valence-electron chi connectivity index (χ0n) is 13.0. The molecule has 4 nitrogen and oxygen atoms in total. The highest BCUT2D eigenvalue weighted by Crippen LogP contribution is 2.17. The summed E-state index contributed by atoms with van der Waals surface area (Å²) in [6, 6.07) is 5.89. The number of hydrogen-bond acceptors (Lipinski definition) is 3. The summed E-state index contributed by atoms with van der Waals surface area (Å²) >= 11 is 0. The van der Waals surface area contributed by atoms with Crippen LogP contribution in [-0.2, 0) is 6.42 Å². The van der Waals surface area contributed by atoms with E-state index in [9.17, 15) is 4.39 Å². The fourth-order valence-electron chi connectivity index (χ4n) is 2.23. The number of rotatable bonds is 6. The van der Waals surface area contributed by atoms with Crippen LogP contribution in [0.5, 0.6) is 0 Å².